The summed E-state index contributed by atoms with van der Waals surface area (Å²) >= 11 is 1.56. The van der Waals surface area contributed by atoms with Crippen molar-refractivity contribution in [2.75, 3.05) is 56.5 Å². The minimum absolute atomic E-state index is 0.0955. The molecule has 0 aromatic heterocycles. The third kappa shape index (κ3) is 7.26. The maximum absolute atomic E-state index is 12.1. The normalized spacial score (nSPS) is 14.5. The van der Waals surface area contributed by atoms with E-state index in [2.05, 4.69) is 46.3 Å². The van der Waals surface area contributed by atoms with E-state index < -0.39 is 0 Å². The quantitative estimate of drug-likeness (QED) is 0.461. The number of amides is 1. The summed E-state index contributed by atoms with van der Waals surface area (Å²) < 4.78 is 5.44. The molecule has 0 atom stereocenters. The molecule has 0 unspecified atom stereocenters. The lowest BCUT2D eigenvalue weighted by Crippen LogP contribution is -2.47. The van der Waals surface area contributed by atoms with Crippen molar-refractivity contribution in [1.82, 2.24) is 10.2 Å². The number of anilines is 1. The summed E-state index contributed by atoms with van der Waals surface area (Å²) in [7, 11) is 0. The molecule has 0 spiro atoms. The van der Waals surface area contributed by atoms with Gasteiger partial charge in [-0.1, -0.05) is 12.1 Å². The van der Waals surface area contributed by atoms with E-state index >= 15 is 0 Å². The molecular formula is C24H33N3O2S. The monoisotopic (exact) mass is 427 g/mol. The molecule has 0 aliphatic carbocycles. The zero-order chi connectivity index (χ0) is 21.2. The largest absolute Gasteiger partial charge is 0.494 e. The first kappa shape index (κ1) is 22.5. The van der Waals surface area contributed by atoms with E-state index in [1.54, 1.807) is 11.8 Å². The van der Waals surface area contributed by atoms with E-state index in [-0.39, 0.29) is 5.91 Å². The average molecular weight is 428 g/mol. The number of carbonyl (C=O) groups is 1. The Morgan fingerprint density at radius 2 is 1.87 bits per heavy atom. The Hall–Kier alpha value is -2.18. The fourth-order valence-corrected chi connectivity index (χ4v) is 4.31. The van der Waals surface area contributed by atoms with Gasteiger partial charge in [0.1, 0.15) is 5.75 Å². The predicted molar refractivity (Wildman–Crippen MR) is 126 cm³/mol. The van der Waals surface area contributed by atoms with E-state index in [9.17, 15) is 4.79 Å². The number of rotatable bonds is 10. The van der Waals surface area contributed by atoms with E-state index in [0.29, 0.717) is 12.4 Å². The summed E-state index contributed by atoms with van der Waals surface area (Å²) in [6, 6.07) is 16.6. The molecule has 2 aromatic rings. The van der Waals surface area contributed by atoms with Crippen molar-refractivity contribution in [3.63, 3.8) is 0 Å². The van der Waals surface area contributed by atoms with E-state index in [0.717, 1.165) is 56.3 Å². The summed E-state index contributed by atoms with van der Waals surface area (Å²) in [6.07, 6.45) is 0.990. The van der Waals surface area contributed by atoms with Gasteiger partial charge in [0.2, 0.25) is 5.91 Å². The number of nitrogens with zero attached hydrogens (tertiary/aromatic N) is 2. The highest BCUT2D eigenvalue weighted by molar-refractivity contribution is 8.00. The molecule has 0 radical (unpaired) electrons. The van der Waals surface area contributed by atoms with Crippen LogP contribution in [-0.4, -0.2) is 62.4 Å². The Labute approximate surface area is 184 Å². The van der Waals surface area contributed by atoms with Crippen LogP contribution in [0.3, 0.4) is 0 Å². The van der Waals surface area contributed by atoms with Crippen LogP contribution >= 0.6 is 11.8 Å². The van der Waals surface area contributed by atoms with Crippen LogP contribution in [0.4, 0.5) is 5.69 Å². The second-order valence-corrected chi connectivity index (χ2v) is 8.61. The topological polar surface area (TPSA) is 44.8 Å². The molecule has 6 heteroatoms. The van der Waals surface area contributed by atoms with Crippen molar-refractivity contribution < 1.29 is 9.53 Å². The summed E-state index contributed by atoms with van der Waals surface area (Å²) in [6.45, 7) is 10.8. The Balaban J connectivity index is 1.26. The van der Waals surface area contributed by atoms with Crippen LogP contribution in [0.25, 0.3) is 0 Å². The lowest BCUT2D eigenvalue weighted by Gasteiger charge is -2.36. The number of hydrogen-bond donors (Lipinski definition) is 1. The van der Waals surface area contributed by atoms with Crippen LogP contribution in [0.5, 0.6) is 5.75 Å². The second-order valence-electron chi connectivity index (χ2n) is 7.56. The van der Waals surface area contributed by atoms with Gasteiger partial charge in [-0.25, -0.2) is 0 Å². The Morgan fingerprint density at radius 3 is 2.57 bits per heavy atom. The summed E-state index contributed by atoms with van der Waals surface area (Å²) in [5.74, 6) is 1.41. The number of carbonyl (C=O) groups excluding carboxylic acids is 1. The highest BCUT2D eigenvalue weighted by Gasteiger charge is 2.16. The fraction of sp³-hybridized carbons (Fsp3) is 0.458. The first-order valence-corrected chi connectivity index (χ1v) is 11.8. The first-order chi connectivity index (χ1) is 14.6. The van der Waals surface area contributed by atoms with Crippen molar-refractivity contribution in [2.24, 2.45) is 0 Å². The van der Waals surface area contributed by atoms with Crippen molar-refractivity contribution in [2.45, 2.75) is 25.2 Å². The number of ether oxygens (including phenoxy) is 1. The van der Waals surface area contributed by atoms with Gasteiger partial charge in [0, 0.05) is 43.3 Å². The lowest BCUT2D eigenvalue weighted by atomic mass is 10.2. The summed E-state index contributed by atoms with van der Waals surface area (Å²) in [5.41, 5.74) is 2.64. The third-order valence-corrected chi connectivity index (χ3v) is 6.23. The molecule has 2 aromatic carbocycles. The van der Waals surface area contributed by atoms with Crippen LogP contribution in [0, 0.1) is 6.92 Å². The number of aryl methyl sites for hydroxylation is 1. The molecule has 1 fully saturated rings. The minimum Gasteiger partial charge on any atom is -0.494 e. The zero-order valence-electron chi connectivity index (χ0n) is 18.1. The summed E-state index contributed by atoms with van der Waals surface area (Å²) in [5, 5.41) is 3.04. The molecule has 1 aliphatic heterocycles. The number of hydrogen-bond acceptors (Lipinski definition) is 5. The SMILES string of the molecule is CCOc1ccc(SCC(=O)NCCCN2CCN(c3cccc(C)c3)CC2)cc1. The van der Waals surface area contributed by atoms with Gasteiger partial charge in [0.05, 0.1) is 12.4 Å². The number of piperazine rings is 1. The van der Waals surface area contributed by atoms with Gasteiger partial charge in [-0.15, -0.1) is 11.8 Å². The fourth-order valence-electron chi connectivity index (χ4n) is 3.58. The average Bonchev–Trinajstić information content (AvgIpc) is 2.77. The molecule has 5 nitrogen and oxygen atoms in total. The van der Waals surface area contributed by atoms with E-state index in [4.69, 9.17) is 4.74 Å². The maximum Gasteiger partial charge on any atom is 0.230 e. The molecule has 0 bridgehead atoms. The number of nitrogens with one attached hydrogen (secondary N) is 1. The molecule has 1 amide bonds. The smallest absolute Gasteiger partial charge is 0.230 e. The van der Waals surface area contributed by atoms with Crippen LogP contribution in [-0.2, 0) is 4.79 Å². The minimum atomic E-state index is 0.0955. The number of thioether (sulfide) groups is 1. The highest BCUT2D eigenvalue weighted by atomic mass is 32.2. The maximum atomic E-state index is 12.1. The van der Waals surface area contributed by atoms with Gasteiger partial charge in [-0.2, -0.15) is 0 Å². The number of benzene rings is 2. The van der Waals surface area contributed by atoms with Gasteiger partial charge in [0.15, 0.2) is 0 Å². The Morgan fingerprint density at radius 1 is 1.10 bits per heavy atom. The van der Waals surface area contributed by atoms with E-state index in [1.807, 2.05) is 31.2 Å². The first-order valence-electron chi connectivity index (χ1n) is 10.8. The van der Waals surface area contributed by atoms with Crippen LogP contribution in [0.15, 0.2) is 53.4 Å². The van der Waals surface area contributed by atoms with Crippen molar-refractivity contribution in [3.05, 3.63) is 54.1 Å². The molecule has 30 heavy (non-hydrogen) atoms. The molecular weight excluding hydrogens is 394 g/mol. The van der Waals surface area contributed by atoms with Crippen molar-refractivity contribution in [3.8, 4) is 5.75 Å². The predicted octanol–water partition coefficient (Wildman–Crippen LogP) is 3.81. The zero-order valence-corrected chi connectivity index (χ0v) is 18.9. The van der Waals surface area contributed by atoms with Gasteiger partial charge < -0.3 is 15.0 Å². The van der Waals surface area contributed by atoms with Crippen LogP contribution < -0.4 is 15.0 Å². The van der Waals surface area contributed by atoms with Gasteiger partial charge >= 0.3 is 0 Å². The Bertz CT molecular complexity index is 789. The van der Waals surface area contributed by atoms with Crippen molar-refractivity contribution in [1.29, 1.82) is 0 Å². The summed E-state index contributed by atoms with van der Waals surface area (Å²) in [4.78, 5) is 18.1. The third-order valence-electron chi connectivity index (χ3n) is 5.22. The highest BCUT2D eigenvalue weighted by Crippen LogP contribution is 2.21. The lowest BCUT2D eigenvalue weighted by molar-refractivity contribution is -0.118. The molecule has 0 saturated carbocycles. The molecule has 1 aliphatic rings. The molecule has 3 rings (SSSR count). The molecule has 1 heterocycles. The van der Waals surface area contributed by atoms with Gasteiger partial charge in [-0.05, 0) is 68.8 Å². The van der Waals surface area contributed by atoms with E-state index in [1.165, 1.54) is 11.3 Å². The Kier molecular flexibility index (Phi) is 8.90. The van der Waals surface area contributed by atoms with Gasteiger partial charge in [-0.3, -0.25) is 9.69 Å². The van der Waals surface area contributed by atoms with Crippen LogP contribution in [0.1, 0.15) is 18.9 Å². The van der Waals surface area contributed by atoms with Gasteiger partial charge in [0.25, 0.3) is 0 Å². The van der Waals surface area contributed by atoms with Crippen LogP contribution in [0.2, 0.25) is 0 Å². The molecule has 1 N–H and O–H groups in total. The standard InChI is InChI=1S/C24H33N3O2S/c1-3-29-22-8-10-23(11-9-22)30-19-24(28)25-12-5-13-26-14-16-27(17-15-26)21-7-4-6-20(2)18-21/h4,6-11,18H,3,5,12-17,19H2,1-2H3,(H,25,28). The molecule has 162 valence electrons. The van der Waals surface area contributed by atoms with Crippen molar-refractivity contribution >= 4 is 23.4 Å². The second kappa shape index (κ2) is 11.9. The molecule has 1 saturated heterocycles.